The van der Waals surface area contributed by atoms with E-state index in [0.717, 1.165) is 25.2 Å². The van der Waals surface area contributed by atoms with Gasteiger partial charge in [-0.05, 0) is 23.3 Å². The van der Waals surface area contributed by atoms with Crippen LogP contribution < -0.4 is 5.32 Å². The summed E-state index contributed by atoms with van der Waals surface area (Å²) in [4.78, 5) is 29.0. The van der Waals surface area contributed by atoms with E-state index in [9.17, 15) is 18.4 Å². The summed E-state index contributed by atoms with van der Waals surface area (Å²) < 4.78 is 26.8. The third-order valence-electron chi connectivity index (χ3n) is 6.06. The maximum absolute atomic E-state index is 13.7. The molecule has 0 aliphatic carbocycles. The largest absolute Gasteiger partial charge is 0.351 e. The molecule has 176 valence electrons. The van der Waals surface area contributed by atoms with E-state index >= 15 is 0 Å². The molecule has 1 fully saturated rings. The number of benzene rings is 3. The van der Waals surface area contributed by atoms with Gasteiger partial charge in [0.2, 0.25) is 5.91 Å². The van der Waals surface area contributed by atoms with Crippen molar-refractivity contribution >= 4 is 11.8 Å². The highest BCUT2D eigenvalue weighted by atomic mass is 19.1. The summed E-state index contributed by atoms with van der Waals surface area (Å²) in [6.45, 7) is 2.73. The van der Waals surface area contributed by atoms with Crippen LogP contribution in [0.5, 0.6) is 0 Å². The average Bonchev–Trinajstić information content (AvgIpc) is 2.86. The van der Waals surface area contributed by atoms with Gasteiger partial charge in [0.05, 0.1) is 11.6 Å². The summed E-state index contributed by atoms with van der Waals surface area (Å²) in [5.74, 6) is -2.39. The topological polar surface area (TPSA) is 52.7 Å². The average molecular weight is 464 g/mol. The first-order valence-electron chi connectivity index (χ1n) is 11.4. The highest BCUT2D eigenvalue weighted by molar-refractivity contribution is 5.94. The molecule has 0 aromatic heterocycles. The summed E-state index contributed by atoms with van der Waals surface area (Å²) in [7, 11) is 0. The van der Waals surface area contributed by atoms with Crippen molar-refractivity contribution in [3.05, 3.63) is 107 Å². The minimum atomic E-state index is -0.925. The van der Waals surface area contributed by atoms with Gasteiger partial charge in [0.1, 0.15) is 11.6 Å². The van der Waals surface area contributed by atoms with Crippen LogP contribution in [0.1, 0.15) is 33.9 Å². The predicted octanol–water partition coefficient (Wildman–Crippen LogP) is 4.02. The molecule has 5 nitrogen and oxygen atoms in total. The summed E-state index contributed by atoms with van der Waals surface area (Å²) in [6, 6.07) is 23.6. The molecule has 0 saturated carbocycles. The maximum Gasteiger partial charge on any atom is 0.254 e. The quantitative estimate of drug-likeness (QED) is 0.576. The van der Waals surface area contributed by atoms with E-state index < -0.39 is 17.5 Å². The first-order chi connectivity index (χ1) is 16.5. The fourth-order valence-corrected chi connectivity index (χ4v) is 4.32. The molecule has 0 bridgehead atoms. The third kappa shape index (κ3) is 5.66. The van der Waals surface area contributed by atoms with E-state index in [4.69, 9.17) is 0 Å². The molecule has 2 amide bonds. The minimum Gasteiger partial charge on any atom is -0.351 e. The number of carbonyl (C=O) groups excluding carboxylic acids is 2. The maximum atomic E-state index is 13.7. The molecule has 34 heavy (non-hydrogen) atoms. The van der Waals surface area contributed by atoms with Crippen molar-refractivity contribution in [3.8, 4) is 0 Å². The molecule has 1 saturated heterocycles. The van der Waals surface area contributed by atoms with Gasteiger partial charge in [0.15, 0.2) is 0 Å². The lowest BCUT2D eigenvalue weighted by Crippen LogP contribution is -2.50. The molecule has 1 heterocycles. The van der Waals surface area contributed by atoms with Gasteiger partial charge in [-0.25, -0.2) is 8.78 Å². The standard InChI is InChI=1S/C27H27F2N3O2/c28-22-11-12-23(24(29)19-22)27(34)30-14-13-25(33)31-15-17-32(18-16-31)26(20-7-3-1-4-8-20)21-9-5-2-6-10-21/h1-12,19,26H,13-18H2,(H,30,34). The number of carbonyl (C=O) groups is 2. The van der Waals surface area contributed by atoms with Crippen LogP contribution in [0.2, 0.25) is 0 Å². The number of amides is 2. The molecule has 0 radical (unpaired) electrons. The van der Waals surface area contributed by atoms with E-state index in [-0.39, 0.29) is 30.5 Å². The van der Waals surface area contributed by atoms with E-state index in [2.05, 4.69) is 34.5 Å². The van der Waals surface area contributed by atoms with Gasteiger partial charge in [0.25, 0.3) is 5.91 Å². The minimum absolute atomic E-state index is 0.0597. The molecule has 4 rings (SSSR count). The molecule has 3 aromatic rings. The Balaban J connectivity index is 1.31. The highest BCUT2D eigenvalue weighted by Crippen LogP contribution is 2.29. The highest BCUT2D eigenvalue weighted by Gasteiger charge is 2.28. The van der Waals surface area contributed by atoms with Crippen LogP contribution >= 0.6 is 0 Å². The van der Waals surface area contributed by atoms with Crippen LogP contribution in [0.15, 0.2) is 78.9 Å². The monoisotopic (exact) mass is 463 g/mol. The number of nitrogens with zero attached hydrogens (tertiary/aromatic N) is 2. The van der Waals surface area contributed by atoms with Crippen LogP contribution in [0, 0.1) is 11.6 Å². The number of hydrogen-bond donors (Lipinski definition) is 1. The Bertz CT molecular complexity index is 1080. The van der Waals surface area contributed by atoms with Crippen LogP contribution in [0.25, 0.3) is 0 Å². The SMILES string of the molecule is O=C(NCCC(=O)N1CCN(C(c2ccccc2)c2ccccc2)CC1)c1ccc(F)cc1F. The van der Waals surface area contributed by atoms with Crippen molar-refractivity contribution in [2.45, 2.75) is 12.5 Å². The van der Waals surface area contributed by atoms with Crippen LogP contribution in [-0.4, -0.2) is 54.3 Å². The molecule has 3 aromatic carbocycles. The summed E-state index contributed by atoms with van der Waals surface area (Å²) in [5.41, 5.74) is 2.18. The molecule has 0 unspecified atom stereocenters. The molecule has 7 heteroatoms. The van der Waals surface area contributed by atoms with E-state index in [1.807, 2.05) is 36.4 Å². The van der Waals surface area contributed by atoms with Crippen molar-refractivity contribution in [1.82, 2.24) is 15.1 Å². The number of piperazine rings is 1. The Kier molecular flexibility index (Phi) is 7.65. The lowest BCUT2D eigenvalue weighted by Gasteiger charge is -2.40. The summed E-state index contributed by atoms with van der Waals surface area (Å²) >= 11 is 0. The van der Waals surface area contributed by atoms with Gasteiger partial charge < -0.3 is 10.2 Å². The number of rotatable bonds is 7. The van der Waals surface area contributed by atoms with E-state index in [1.165, 1.54) is 11.1 Å². The fraction of sp³-hybridized carbons (Fsp3) is 0.259. The van der Waals surface area contributed by atoms with Crippen LogP contribution in [0.4, 0.5) is 8.78 Å². The van der Waals surface area contributed by atoms with Crippen molar-refractivity contribution in [2.75, 3.05) is 32.7 Å². The second-order valence-corrected chi connectivity index (χ2v) is 8.27. The van der Waals surface area contributed by atoms with Gasteiger partial charge in [0, 0.05) is 45.2 Å². The zero-order chi connectivity index (χ0) is 23.9. The summed E-state index contributed by atoms with van der Waals surface area (Å²) in [6.07, 6.45) is 0.120. The molecule has 1 N–H and O–H groups in total. The smallest absolute Gasteiger partial charge is 0.254 e. The predicted molar refractivity (Wildman–Crippen MR) is 126 cm³/mol. The van der Waals surface area contributed by atoms with Gasteiger partial charge in [-0.1, -0.05) is 60.7 Å². The lowest BCUT2D eigenvalue weighted by atomic mass is 9.96. The lowest BCUT2D eigenvalue weighted by molar-refractivity contribution is -0.133. The van der Waals surface area contributed by atoms with Crippen molar-refractivity contribution < 1.29 is 18.4 Å². The second-order valence-electron chi connectivity index (χ2n) is 8.27. The Morgan fingerprint density at radius 3 is 1.97 bits per heavy atom. The number of halogens is 2. The van der Waals surface area contributed by atoms with E-state index in [0.29, 0.717) is 19.2 Å². The Morgan fingerprint density at radius 1 is 0.824 bits per heavy atom. The van der Waals surface area contributed by atoms with Crippen LogP contribution in [-0.2, 0) is 4.79 Å². The van der Waals surface area contributed by atoms with Crippen LogP contribution in [0.3, 0.4) is 0 Å². The molecule has 1 aliphatic heterocycles. The van der Waals surface area contributed by atoms with Gasteiger partial charge in [-0.2, -0.15) is 0 Å². The Morgan fingerprint density at radius 2 is 1.41 bits per heavy atom. The third-order valence-corrected chi connectivity index (χ3v) is 6.06. The zero-order valence-corrected chi connectivity index (χ0v) is 18.8. The van der Waals surface area contributed by atoms with Crippen molar-refractivity contribution in [3.63, 3.8) is 0 Å². The van der Waals surface area contributed by atoms with Gasteiger partial charge >= 0.3 is 0 Å². The van der Waals surface area contributed by atoms with Gasteiger partial charge in [-0.15, -0.1) is 0 Å². The van der Waals surface area contributed by atoms with Gasteiger partial charge in [-0.3, -0.25) is 14.5 Å². The first-order valence-corrected chi connectivity index (χ1v) is 11.4. The van der Waals surface area contributed by atoms with Crippen molar-refractivity contribution in [1.29, 1.82) is 0 Å². The molecular weight excluding hydrogens is 436 g/mol. The Labute approximate surface area is 198 Å². The van der Waals surface area contributed by atoms with E-state index in [1.54, 1.807) is 4.90 Å². The zero-order valence-electron chi connectivity index (χ0n) is 18.8. The fourth-order valence-electron chi connectivity index (χ4n) is 4.32. The number of hydrogen-bond acceptors (Lipinski definition) is 3. The molecule has 0 spiro atoms. The normalized spacial score (nSPS) is 14.3. The van der Waals surface area contributed by atoms with Crippen molar-refractivity contribution in [2.24, 2.45) is 0 Å². The number of nitrogens with one attached hydrogen (secondary N) is 1. The first kappa shape index (κ1) is 23.6. The molecule has 1 aliphatic rings. The molecule has 0 atom stereocenters. The Hall–Kier alpha value is -3.58. The second kappa shape index (κ2) is 11.0. The molecular formula is C27H27F2N3O2. The summed E-state index contributed by atoms with van der Waals surface area (Å²) in [5, 5.41) is 2.54.